The molecule has 1 fully saturated rings. The standard InChI is InChI=1S/C28H23N3O.C28H21N3.C27H19N3O2.C19H12BrN3.C14H19BO4.HO4P.H2/c1-28(2,32)22-13-7-6-12-21(22)19-16-17-25-26(18-19)31-24-15-9-8-14-23(24)29-27(31)30(25)20-10-4-3-5-11-20;1-28(2)21-13-7-6-12-19(21)20-16-25-26(17-22(20)28)30(18-10-4-3-5-11-18)27-29-23-14-8-9-15-24(23)31(25)27;1-32-26(31)21-12-6-5-11-20(21)18-15-16-24-25(17-18)30-23-14-8-7-13-22(23)28-27(30)29(24)19-9-3-2-4-10-19;20-13-10-11-17-18(12-13)23-16-9-5-4-8-15(16)21-19(23)22(17)14-6-2-1-3-7-14;1-13(2)14(3,4)19-15(18-13)11-9-7-6-8-10(11)12(16)17-5;1-4-5(2)3;/h3-18,32H,1-2H3;3-17H,1-2H3;2-17H,1H3;1-12H;6-9H,1-5H3;1H;1H. The minimum Gasteiger partial charge on any atom is -0.565 e. The molecule has 9 heterocycles. The molecule has 23 nitrogen and oxygen atoms in total. The minimum absolute atomic E-state index is 0. The van der Waals surface area contributed by atoms with E-state index in [9.17, 15) is 14.7 Å². The van der Waals surface area contributed by atoms with Crippen LogP contribution in [0.1, 0.15) is 94.2 Å². The molecule has 2 aliphatic rings. The quantitative estimate of drug-likeness (QED) is 0.0402. The molecule has 1 aliphatic carbocycles. The van der Waals surface area contributed by atoms with Gasteiger partial charge in [-0.15, -0.1) is 0 Å². The Hall–Kier alpha value is -16.1. The SMILES string of the molecule is Brc1ccc2c(c1)n1c3ccccc3nc1n2-c1ccccc1.CC(C)(O)c1ccccc1-c1ccc2c(c1)n1c3ccccc3nc1n2-c1ccccc1.CC1(C)c2ccccc2-c2cc3c(cc21)n(-c1ccccc1)c1nc2ccccc2n31.COC(=O)c1ccccc1-c1ccc2c(c1)n1c3ccccc3nc1n2-c1ccccc1.COC(=O)c1ccccc1B1OC(C)(C)C(C)(C)O1.O=[P+]([O-])OO.[HH]. The molecule has 16 aromatic carbocycles. The molecule has 1 saturated heterocycles. The molecule has 142 heavy (non-hydrogen) atoms. The maximum absolute atomic E-state index is 12.4. The van der Waals surface area contributed by atoms with Gasteiger partial charge >= 0.3 is 27.3 Å². The number of aromatic nitrogens is 12. The Kier molecular flexibility index (Phi) is 24.2. The number of para-hydroxylation sites is 12. The van der Waals surface area contributed by atoms with Crippen molar-refractivity contribution in [3.8, 4) is 56.1 Å². The highest BCUT2D eigenvalue weighted by molar-refractivity contribution is 9.10. The highest BCUT2D eigenvalue weighted by Gasteiger charge is 2.53. The average molecular weight is 1960 g/mol. The third-order valence-electron chi connectivity index (χ3n) is 27.0. The van der Waals surface area contributed by atoms with E-state index in [1.807, 2.05) is 169 Å². The van der Waals surface area contributed by atoms with Gasteiger partial charge < -0.3 is 28.8 Å². The molecule has 702 valence electrons. The summed E-state index contributed by atoms with van der Waals surface area (Å²) in [6.45, 7) is 16.2. The molecule has 26 heteroatoms. The number of rotatable bonds is 11. The molecule has 0 bridgehead atoms. The molecule has 1 atom stereocenters. The first kappa shape index (κ1) is 92.3. The summed E-state index contributed by atoms with van der Waals surface area (Å²) in [4.78, 5) is 52.9. The lowest BCUT2D eigenvalue weighted by Crippen LogP contribution is -2.41. The van der Waals surface area contributed by atoms with Gasteiger partial charge in [0.1, 0.15) is 0 Å². The van der Waals surface area contributed by atoms with Gasteiger partial charge in [0.25, 0.3) is 0 Å². The molecule has 8 aromatic heterocycles. The Balaban J connectivity index is 0.000000109. The zero-order valence-corrected chi connectivity index (χ0v) is 81.7. The van der Waals surface area contributed by atoms with Crippen LogP contribution in [0.4, 0.5) is 0 Å². The number of esters is 2. The summed E-state index contributed by atoms with van der Waals surface area (Å²) >= 11 is 3.59. The smallest absolute Gasteiger partial charge is 0.521 e. The van der Waals surface area contributed by atoms with Crippen LogP contribution in [-0.4, -0.2) is 111 Å². The summed E-state index contributed by atoms with van der Waals surface area (Å²) in [5, 5.41) is 17.8. The summed E-state index contributed by atoms with van der Waals surface area (Å²) in [7, 11) is -0.827. The second-order valence-corrected chi connectivity index (χ2v) is 38.4. The predicted molar refractivity (Wildman–Crippen MR) is 568 cm³/mol. The largest absolute Gasteiger partial charge is 0.565 e. The lowest BCUT2D eigenvalue weighted by Gasteiger charge is -2.32. The lowest BCUT2D eigenvalue weighted by molar-refractivity contribution is -0.244. The van der Waals surface area contributed by atoms with Crippen LogP contribution in [0.2, 0.25) is 0 Å². The Bertz CT molecular complexity index is 9020. The number of methoxy groups -OCH3 is 2. The van der Waals surface area contributed by atoms with E-state index in [-0.39, 0.29) is 18.8 Å². The van der Waals surface area contributed by atoms with Crippen LogP contribution < -0.4 is 10.4 Å². The summed E-state index contributed by atoms with van der Waals surface area (Å²) in [6.07, 6.45) is 0. The lowest BCUT2D eigenvalue weighted by atomic mass is 9.76. The fourth-order valence-electron chi connectivity index (χ4n) is 19.7. The summed E-state index contributed by atoms with van der Waals surface area (Å²) < 4.78 is 52.2. The zero-order chi connectivity index (χ0) is 98.2. The van der Waals surface area contributed by atoms with Crippen molar-refractivity contribution in [2.24, 2.45) is 0 Å². The molecule has 1 aliphatic heterocycles. The number of ether oxygens (including phenoxy) is 2. The second kappa shape index (κ2) is 37.3. The van der Waals surface area contributed by atoms with E-state index in [1.165, 1.54) is 47.5 Å². The Morgan fingerprint density at radius 1 is 0.366 bits per heavy atom. The van der Waals surface area contributed by atoms with Crippen molar-refractivity contribution in [1.82, 2.24) is 55.8 Å². The first-order valence-corrected chi connectivity index (χ1v) is 48.4. The molecule has 26 rings (SSSR count). The monoisotopic (exact) mass is 1950 g/mol. The normalized spacial score (nSPS) is 13.5. The van der Waals surface area contributed by atoms with Crippen LogP contribution >= 0.6 is 24.2 Å². The van der Waals surface area contributed by atoms with Crippen LogP contribution in [0.15, 0.2) is 387 Å². The molecule has 2 N–H and O–H groups in total. The van der Waals surface area contributed by atoms with Crippen molar-refractivity contribution in [3.63, 3.8) is 0 Å². The van der Waals surface area contributed by atoms with E-state index in [1.54, 1.807) is 18.2 Å². The first-order chi connectivity index (χ1) is 68.8. The Labute approximate surface area is 827 Å². The van der Waals surface area contributed by atoms with Crippen molar-refractivity contribution in [1.29, 1.82) is 0 Å². The number of hydrogen-bond donors (Lipinski definition) is 2. The van der Waals surface area contributed by atoms with Gasteiger partial charge in [0, 0.05) is 38.7 Å². The van der Waals surface area contributed by atoms with Crippen molar-refractivity contribution in [2.45, 2.75) is 77.6 Å². The topological polar surface area (TPSA) is 250 Å². The van der Waals surface area contributed by atoms with Crippen molar-refractivity contribution >= 4 is 160 Å². The van der Waals surface area contributed by atoms with Crippen LogP contribution in [0.5, 0.6) is 0 Å². The third-order valence-corrected chi connectivity index (χ3v) is 27.6. The molecule has 1 unspecified atom stereocenters. The minimum atomic E-state index is -3.04. The van der Waals surface area contributed by atoms with Gasteiger partial charge in [-0.2, -0.15) is 0 Å². The number of carbonyl (C=O) groups excluding carboxylic acids is 2. The number of hydrogen-bond acceptors (Lipinski definition) is 15. The fourth-order valence-corrected chi connectivity index (χ4v) is 20.0. The Morgan fingerprint density at radius 2 is 0.697 bits per heavy atom. The van der Waals surface area contributed by atoms with Gasteiger partial charge in [-0.05, 0) is 265 Å². The maximum Gasteiger partial charge on any atom is 0.521 e. The third kappa shape index (κ3) is 16.4. The number of benzene rings is 16. The number of halogens is 1. The van der Waals surface area contributed by atoms with Gasteiger partial charge in [0.2, 0.25) is 23.1 Å². The van der Waals surface area contributed by atoms with E-state index in [4.69, 9.17) is 53.4 Å². The average Bonchev–Trinajstić information content (AvgIpc) is 1.52. The van der Waals surface area contributed by atoms with Crippen LogP contribution in [0, 0.1) is 0 Å². The van der Waals surface area contributed by atoms with E-state index < -0.39 is 32.2 Å². The van der Waals surface area contributed by atoms with Gasteiger partial charge in [-0.1, -0.05) is 248 Å². The van der Waals surface area contributed by atoms with E-state index in [0.717, 1.165) is 155 Å². The van der Waals surface area contributed by atoms with Crippen molar-refractivity contribution < 1.29 is 54.3 Å². The number of imidazole rings is 8. The molecule has 0 spiro atoms. The number of aliphatic hydroxyl groups is 1. The number of carbonyl (C=O) groups is 2. The predicted octanol–water partition coefficient (Wildman–Crippen LogP) is 25.7. The molecular formula is C116H97BBrN12O11P. The zero-order valence-electron chi connectivity index (χ0n) is 79.2. The molecule has 0 saturated carbocycles. The first-order valence-electron chi connectivity index (χ1n) is 46.5. The maximum atomic E-state index is 12.4. The van der Waals surface area contributed by atoms with E-state index in [2.05, 4.69) is 307 Å². The van der Waals surface area contributed by atoms with E-state index >= 15 is 0 Å². The number of fused-ring (bicyclic) bond motifs is 23. The summed E-state index contributed by atoms with van der Waals surface area (Å²) in [6, 6.07) is 130. The Morgan fingerprint density at radius 3 is 1.12 bits per heavy atom. The van der Waals surface area contributed by atoms with Crippen LogP contribution in [0.3, 0.4) is 0 Å². The summed E-state index contributed by atoms with van der Waals surface area (Å²) in [5.41, 5.74) is 31.8. The highest BCUT2D eigenvalue weighted by Crippen LogP contribution is 2.51. The molecular weight excluding hydrogens is 1860 g/mol. The highest BCUT2D eigenvalue weighted by atomic mass is 79.9. The van der Waals surface area contributed by atoms with Crippen LogP contribution in [-0.2, 0) is 39.0 Å². The summed E-state index contributed by atoms with van der Waals surface area (Å²) in [5.74, 6) is 2.90. The van der Waals surface area contributed by atoms with Crippen molar-refractivity contribution in [2.75, 3.05) is 14.2 Å². The fraction of sp³-hybridized carbons (Fsp3) is 0.121. The molecule has 0 amide bonds. The second-order valence-electron chi connectivity index (χ2n) is 36.8. The van der Waals surface area contributed by atoms with Crippen molar-refractivity contribution in [3.05, 3.63) is 414 Å². The van der Waals surface area contributed by atoms with Gasteiger partial charge in [-0.3, -0.25) is 35.9 Å². The van der Waals surface area contributed by atoms with Gasteiger partial charge in [0.05, 0.1) is 130 Å². The van der Waals surface area contributed by atoms with Crippen LogP contribution in [0.25, 0.3) is 168 Å². The molecule has 0 radical (unpaired) electrons. The molecule has 24 aromatic rings. The van der Waals surface area contributed by atoms with E-state index in [0.29, 0.717) is 16.6 Å². The van der Waals surface area contributed by atoms with Gasteiger partial charge in [-0.25, -0.2) is 34.8 Å². The number of nitrogens with zero attached hydrogens (tertiary/aromatic N) is 12. The van der Waals surface area contributed by atoms with Gasteiger partial charge in [0.15, 0.2) is 0 Å².